The first-order valence-electron chi connectivity index (χ1n) is 3.11. The fraction of sp³-hybridized carbons (Fsp3) is 0.125. The smallest absolute Gasteiger partial charge is 0.152 e. The van der Waals surface area contributed by atoms with E-state index in [1.54, 1.807) is 17.4 Å². The molecule has 3 heteroatoms. The van der Waals surface area contributed by atoms with Crippen LogP contribution in [0.3, 0.4) is 0 Å². The van der Waals surface area contributed by atoms with Gasteiger partial charge in [0, 0.05) is 0 Å². The van der Waals surface area contributed by atoms with E-state index in [0.717, 1.165) is 9.35 Å². The summed E-state index contributed by atoms with van der Waals surface area (Å²) in [4.78, 5) is 10.5. The molecule has 0 radical (unpaired) electrons. The Hall–Kier alpha value is -0.410. The molecule has 0 amide bonds. The second kappa shape index (κ2) is 3.83. The lowest BCUT2D eigenvalue weighted by molar-refractivity contribution is -0.112. The van der Waals surface area contributed by atoms with Gasteiger partial charge in [-0.25, -0.2) is 0 Å². The molecule has 0 bridgehead atoms. The first-order chi connectivity index (χ1) is 5.18. The normalized spacial score (nSPS) is 10.7. The third-order valence-corrected chi connectivity index (χ3v) is 2.62. The van der Waals surface area contributed by atoms with Crippen molar-refractivity contribution in [3.8, 4) is 0 Å². The Morgan fingerprint density at radius 1 is 1.73 bits per heavy atom. The molecule has 0 aliphatic carbocycles. The molecular formula is C8H7BrOS. The number of carbonyl (C=O) groups is 1. The molecule has 0 N–H and O–H groups in total. The van der Waals surface area contributed by atoms with Gasteiger partial charge in [-0.1, -0.05) is 6.08 Å². The minimum atomic E-state index is 0.0762. The standard InChI is InChI=1S/C8H7BrOS/c1-6(10)2-3-7-4-8(9)11-5-7/h2-5H,1H3/b3-2+. The summed E-state index contributed by atoms with van der Waals surface area (Å²) in [6, 6.07) is 1.98. The Balaban J connectivity index is 2.71. The van der Waals surface area contributed by atoms with Gasteiger partial charge in [0.1, 0.15) is 0 Å². The van der Waals surface area contributed by atoms with Crippen LogP contribution in [0.5, 0.6) is 0 Å². The molecule has 0 aromatic carbocycles. The highest BCUT2D eigenvalue weighted by Gasteiger charge is 1.91. The highest BCUT2D eigenvalue weighted by atomic mass is 79.9. The molecule has 0 fully saturated rings. The van der Waals surface area contributed by atoms with E-state index in [9.17, 15) is 4.79 Å². The van der Waals surface area contributed by atoms with Crippen LogP contribution in [0.15, 0.2) is 21.3 Å². The van der Waals surface area contributed by atoms with E-state index in [-0.39, 0.29) is 5.78 Å². The first kappa shape index (κ1) is 8.68. The van der Waals surface area contributed by atoms with Gasteiger partial charge in [0.2, 0.25) is 0 Å². The van der Waals surface area contributed by atoms with Crippen molar-refractivity contribution >= 4 is 39.1 Å². The van der Waals surface area contributed by atoms with Crippen molar-refractivity contribution in [1.29, 1.82) is 0 Å². The summed E-state index contributed by atoms with van der Waals surface area (Å²) in [5.74, 6) is 0.0762. The van der Waals surface area contributed by atoms with Gasteiger partial charge in [0.15, 0.2) is 5.78 Å². The van der Waals surface area contributed by atoms with E-state index in [1.807, 2.05) is 17.5 Å². The Kier molecular flexibility index (Phi) is 3.02. The molecule has 0 saturated heterocycles. The van der Waals surface area contributed by atoms with Crippen LogP contribution < -0.4 is 0 Å². The van der Waals surface area contributed by atoms with Gasteiger partial charge in [-0.15, -0.1) is 11.3 Å². The minimum Gasteiger partial charge on any atom is -0.295 e. The van der Waals surface area contributed by atoms with Crippen LogP contribution in [0, 0.1) is 0 Å². The monoisotopic (exact) mass is 230 g/mol. The molecular weight excluding hydrogens is 224 g/mol. The predicted octanol–water partition coefficient (Wildman–Crippen LogP) is 3.11. The fourth-order valence-electron chi connectivity index (χ4n) is 0.624. The zero-order valence-corrected chi connectivity index (χ0v) is 8.41. The van der Waals surface area contributed by atoms with Crippen LogP contribution in [0.2, 0.25) is 0 Å². The fourth-order valence-corrected chi connectivity index (χ4v) is 1.77. The Labute approximate surface area is 77.9 Å². The lowest BCUT2D eigenvalue weighted by Crippen LogP contribution is -1.78. The van der Waals surface area contributed by atoms with E-state index in [2.05, 4.69) is 15.9 Å². The number of hydrogen-bond donors (Lipinski definition) is 0. The molecule has 0 unspecified atom stereocenters. The third kappa shape index (κ3) is 2.99. The average Bonchev–Trinajstić information content (AvgIpc) is 2.31. The van der Waals surface area contributed by atoms with E-state index < -0.39 is 0 Å². The summed E-state index contributed by atoms with van der Waals surface area (Å²) < 4.78 is 1.08. The summed E-state index contributed by atoms with van der Waals surface area (Å²) >= 11 is 4.95. The second-order valence-electron chi connectivity index (χ2n) is 2.13. The minimum absolute atomic E-state index is 0.0762. The maximum Gasteiger partial charge on any atom is 0.152 e. The molecule has 1 aromatic rings. The molecule has 0 aliphatic heterocycles. The largest absolute Gasteiger partial charge is 0.295 e. The highest BCUT2D eigenvalue weighted by molar-refractivity contribution is 9.11. The molecule has 0 aliphatic rings. The van der Waals surface area contributed by atoms with Gasteiger partial charge in [-0.2, -0.15) is 0 Å². The number of halogens is 1. The van der Waals surface area contributed by atoms with Crippen LogP contribution in [-0.4, -0.2) is 5.78 Å². The van der Waals surface area contributed by atoms with Gasteiger partial charge in [-0.3, -0.25) is 4.79 Å². The quantitative estimate of drug-likeness (QED) is 0.714. The number of thiophene rings is 1. The van der Waals surface area contributed by atoms with Crippen molar-refractivity contribution in [1.82, 2.24) is 0 Å². The maximum absolute atomic E-state index is 10.5. The second-order valence-corrected chi connectivity index (χ2v) is 4.42. The molecule has 0 saturated carbocycles. The van der Waals surface area contributed by atoms with E-state index >= 15 is 0 Å². The summed E-state index contributed by atoms with van der Waals surface area (Å²) in [7, 11) is 0. The van der Waals surface area contributed by atoms with Crippen LogP contribution in [0.25, 0.3) is 6.08 Å². The number of rotatable bonds is 2. The Morgan fingerprint density at radius 2 is 2.45 bits per heavy atom. The zero-order chi connectivity index (χ0) is 8.27. The lowest BCUT2D eigenvalue weighted by Gasteiger charge is -1.79. The highest BCUT2D eigenvalue weighted by Crippen LogP contribution is 2.21. The molecule has 11 heavy (non-hydrogen) atoms. The third-order valence-electron chi connectivity index (χ3n) is 1.10. The van der Waals surface area contributed by atoms with E-state index in [1.165, 1.54) is 6.92 Å². The topological polar surface area (TPSA) is 17.1 Å². The SMILES string of the molecule is CC(=O)/C=C/c1csc(Br)c1. The molecule has 0 spiro atoms. The summed E-state index contributed by atoms with van der Waals surface area (Å²) in [5, 5.41) is 1.99. The van der Waals surface area contributed by atoms with Crippen molar-refractivity contribution in [2.24, 2.45) is 0 Å². The molecule has 1 heterocycles. The molecule has 1 rings (SSSR count). The van der Waals surface area contributed by atoms with Crippen LogP contribution >= 0.6 is 27.3 Å². The average molecular weight is 231 g/mol. The zero-order valence-electron chi connectivity index (χ0n) is 6.00. The van der Waals surface area contributed by atoms with Gasteiger partial charge in [0.05, 0.1) is 3.79 Å². The Morgan fingerprint density at radius 3 is 2.91 bits per heavy atom. The van der Waals surface area contributed by atoms with Gasteiger partial charge < -0.3 is 0 Å². The van der Waals surface area contributed by atoms with Crippen LogP contribution in [0.1, 0.15) is 12.5 Å². The van der Waals surface area contributed by atoms with Crippen molar-refractivity contribution in [2.75, 3.05) is 0 Å². The van der Waals surface area contributed by atoms with Crippen molar-refractivity contribution in [3.05, 3.63) is 26.9 Å². The van der Waals surface area contributed by atoms with Crippen LogP contribution in [-0.2, 0) is 4.79 Å². The van der Waals surface area contributed by atoms with Crippen molar-refractivity contribution < 1.29 is 4.79 Å². The number of allylic oxidation sites excluding steroid dienone is 1. The summed E-state index contributed by atoms with van der Waals surface area (Å²) in [6.45, 7) is 1.54. The van der Waals surface area contributed by atoms with Crippen molar-refractivity contribution in [3.63, 3.8) is 0 Å². The number of ketones is 1. The lowest BCUT2D eigenvalue weighted by atomic mass is 10.3. The molecule has 0 atom stereocenters. The molecule has 1 aromatic heterocycles. The Bertz CT molecular complexity index is 288. The maximum atomic E-state index is 10.5. The number of carbonyl (C=O) groups excluding carboxylic acids is 1. The van der Waals surface area contributed by atoms with Gasteiger partial charge >= 0.3 is 0 Å². The van der Waals surface area contributed by atoms with Crippen LogP contribution in [0.4, 0.5) is 0 Å². The van der Waals surface area contributed by atoms with Gasteiger partial charge in [0.25, 0.3) is 0 Å². The van der Waals surface area contributed by atoms with Crippen molar-refractivity contribution in [2.45, 2.75) is 6.92 Å². The first-order valence-corrected chi connectivity index (χ1v) is 4.78. The summed E-state index contributed by atoms with van der Waals surface area (Å²) in [6.07, 6.45) is 3.37. The van der Waals surface area contributed by atoms with E-state index in [0.29, 0.717) is 0 Å². The molecule has 58 valence electrons. The molecule has 1 nitrogen and oxygen atoms in total. The summed E-state index contributed by atoms with van der Waals surface area (Å²) in [5.41, 5.74) is 1.07. The van der Waals surface area contributed by atoms with E-state index in [4.69, 9.17) is 0 Å². The number of hydrogen-bond acceptors (Lipinski definition) is 2. The predicted molar refractivity (Wildman–Crippen MR) is 51.7 cm³/mol. The van der Waals surface area contributed by atoms with Gasteiger partial charge in [-0.05, 0) is 45.9 Å².